The lowest BCUT2D eigenvalue weighted by atomic mass is 10.3. The van der Waals surface area contributed by atoms with Crippen molar-refractivity contribution in [1.82, 2.24) is 9.55 Å². The summed E-state index contributed by atoms with van der Waals surface area (Å²) in [4.78, 5) is 4.59. The maximum Gasteiger partial charge on any atom is 0.127 e. The second-order valence-electron chi connectivity index (χ2n) is 4.29. The molecule has 0 amide bonds. The van der Waals surface area contributed by atoms with Crippen molar-refractivity contribution in [3.05, 3.63) is 24.0 Å². The highest BCUT2D eigenvalue weighted by Gasteiger charge is 2.15. The van der Waals surface area contributed by atoms with Crippen LogP contribution in [0, 0.1) is 0 Å². The van der Waals surface area contributed by atoms with Crippen LogP contribution in [-0.2, 0) is 11.3 Å². The SMILES string of the molecule is CCOCCn1c(C(C)Cl)nc2cc(OC)ccc21. The molecule has 104 valence electrons. The number of halogens is 1. The third-order valence-electron chi connectivity index (χ3n) is 3.00. The van der Waals surface area contributed by atoms with Gasteiger partial charge in [0.25, 0.3) is 0 Å². The van der Waals surface area contributed by atoms with Crippen molar-refractivity contribution in [2.75, 3.05) is 20.3 Å². The number of nitrogens with zero attached hydrogens (tertiary/aromatic N) is 2. The summed E-state index contributed by atoms with van der Waals surface area (Å²) in [5.74, 6) is 1.67. The predicted molar refractivity (Wildman–Crippen MR) is 77.0 cm³/mol. The highest BCUT2D eigenvalue weighted by atomic mass is 35.5. The molecule has 4 nitrogen and oxygen atoms in total. The first-order valence-electron chi connectivity index (χ1n) is 6.43. The molecule has 0 aliphatic rings. The summed E-state index contributed by atoms with van der Waals surface area (Å²) in [6.07, 6.45) is 0. The molecule has 1 aromatic carbocycles. The maximum absolute atomic E-state index is 6.21. The van der Waals surface area contributed by atoms with Crippen molar-refractivity contribution in [2.45, 2.75) is 25.8 Å². The van der Waals surface area contributed by atoms with Crippen LogP contribution in [0.2, 0.25) is 0 Å². The highest BCUT2D eigenvalue weighted by Crippen LogP contribution is 2.27. The molecule has 0 aliphatic heterocycles. The van der Waals surface area contributed by atoms with E-state index in [1.165, 1.54) is 0 Å². The number of rotatable bonds is 6. The fourth-order valence-corrected chi connectivity index (χ4v) is 2.26. The van der Waals surface area contributed by atoms with E-state index in [2.05, 4.69) is 9.55 Å². The summed E-state index contributed by atoms with van der Waals surface area (Å²) in [7, 11) is 1.65. The molecule has 1 unspecified atom stereocenters. The number of alkyl halides is 1. The first kappa shape index (κ1) is 14.2. The van der Waals surface area contributed by atoms with Gasteiger partial charge in [0, 0.05) is 19.2 Å². The minimum absolute atomic E-state index is 0.139. The van der Waals surface area contributed by atoms with Crippen LogP contribution in [0.5, 0.6) is 5.75 Å². The molecule has 0 saturated heterocycles. The van der Waals surface area contributed by atoms with Gasteiger partial charge in [-0.1, -0.05) is 0 Å². The minimum Gasteiger partial charge on any atom is -0.497 e. The summed E-state index contributed by atoms with van der Waals surface area (Å²) < 4.78 is 12.8. The standard InChI is InChI=1S/C14H19ClN2O2/c1-4-19-8-7-17-13-6-5-11(18-3)9-12(13)16-14(17)10(2)15/h5-6,9-10H,4,7-8H2,1-3H3. The fraction of sp³-hybridized carbons (Fsp3) is 0.500. The number of ether oxygens (including phenoxy) is 2. The van der Waals surface area contributed by atoms with Crippen molar-refractivity contribution < 1.29 is 9.47 Å². The summed E-state index contributed by atoms with van der Waals surface area (Å²) in [5.41, 5.74) is 1.96. The Kier molecular flexibility index (Phi) is 4.66. The Bertz CT molecular complexity index is 552. The van der Waals surface area contributed by atoms with Gasteiger partial charge in [-0.25, -0.2) is 4.98 Å². The van der Waals surface area contributed by atoms with E-state index >= 15 is 0 Å². The number of benzene rings is 1. The Morgan fingerprint density at radius 2 is 2.21 bits per heavy atom. The Hall–Kier alpha value is -1.26. The van der Waals surface area contributed by atoms with Gasteiger partial charge in [-0.15, -0.1) is 11.6 Å². The largest absolute Gasteiger partial charge is 0.497 e. The molecular formula is C14H19ClN2O2. The van der Waals surface area contributed by atoms with Crippen LogP contribution < -0.4 is 4.74 Å². The normalized spacial score (nSPS) is 12.8. The number of aromatic nitrogens is 2. The van der Waals surface area contributed by atoms with Crippen molar-refractivity contribution >= 4 is 22.6 Å². The van der Waals surface area contributed by atoms with E-state index in [0.717, 1.165) is 29.2 Å². The van der Waals surface area contributed by atoms with Gasteiger partial charge in [0.05, 0.1) is 30.1 Å². The van der Waals surface area contributed by atoms with E-state index in [9.17, 15) is 0 Å². The van der Waals surface area contributed by atoms with Gasteiger partial charge in [-0.05, 0) is 26.0 Å². The van der Waals surface area contributed by atoms with E-state index in [1.807, 2.05) is 32.0 Å². The highest BCUT2D eigenvalue weighted by molar-refractivity contribution is 6.20. The van der Waals surface area contributed by atoms with Gasteiger partial charge in [0.15, 0.2) is 0 Å². The number of hydrogen-bond donors (Lipinski definition) is 0. The first-order valence-corrected chi connectivity index (χ1v) is 6.87. The Balaban J connectivity index is 2.42. The summed E-state index contributed by atoms with van der Waals surface area (Å²) in [6, 6.07) is 5.87. The minimum atomic E-state index is -0.139. The number of methoxy groups -OCH3 is 1. The van der Waals surface area contributed by atoms with Crippen molar-refractivity contribution in [2.24, 2.45) is 0 Å². The zero-order valence-electron chi connectivity index (χ0n) is 11.5. The molecule has 1 heterocycles. The molecular weight excluding hydrogens is 264 g/mol. The van der Waals surface area contributed by atoms with Gasteiger partial charge in [0.1, 0.15) is 11.6 Å². The topological polar surface area (TPSA) is 36.3 Å². The average molecular weight is 283 g/mol. The lowest BCUT2D eigenvalue weighted by Crippen LogP contribution is -2.09. The van der Waals surface area contributed by atoms with Gasteiger partial charge in [-0.2, -0.15) is 0 Å². The molecule has 0 aliphatic carbocycles. The maximum atomic E-state index is 6.21. The van der Waals surface area contributed by atoms with Crippen molar-refractivity contribution in [3.63, 3.8) is 0 Å². The van der Waals surface area contributed by atoms with Crippen LogP contribution in [-0.4, -0.2) is 29.9 Å². The van der Waals surface area contributed by atoms with E-state index in [1.54, 1.807) is 7.11 Å². The van der Waals surface area contributed by atoms with E-state index in [-0.39, 0.29) is 5.38 Å². The smallest absolute Gasteiger partial charge is 0.127 e. The molecule has 0 saturated carbocycles. The fourth-order valence-electron chi connectivity index (χ4n) is 2.09. The van der Waals surface area contributed by atoms with Crippen LogP contribution in [0.15, 0.2) is 18.2 Å². The average Bonchev–Trinajstić information content (AvgIpc) is 2.77. The summed E-state index contributed by atoms with van der Waals surface area (Å²) in [6.45, 7) is 6.04. The lowest BCUT2D eigenvalue weighted by Gasteiger charge is -2.10. The molecule has 0 radical (unpaired) electrons. The molecule has 19 heavy (non-hydrogen) atoms. The third kappa shape index (κ3) is 3.01. The zero-order valence-corrected chi connectivity index (χ0v) is 12.3. The second-order valence-corrected chi connectivity index (χ2v) is 4.94. The van der Waals surface area contributed by atoms with Crippen molar-refractivity contribution in [3.8, 4) is 5.75 Å². The van der Waals surface area contributed by atoms with E-state index in [4.69, 9.17) is 21.1 Å². The van der Waals surface area contributed by atoms with Gasteiger partial charge >= 0.3 is 0 Å². The summed E-state index contributed by atoms with van der Waals surface area (Å²) >= 11 is 6.21. The molecule has 2 aromatic rings. The molecule has 0 N–H and O–H groups in total. The van der Waals surface area contributed by atoms with Crippen molar-refractivity contribution in [1.29, 1.82) is 0 Å². The van der Waals surface area contributed by atoms with E-state index < -0.39 is 0 Å². The van der Waals surface area contributed by atoms with Crippen LogP contribution in [0.25, 0.3) is 11.0 Å². The Labute approximate surface area is 118 Å². The second kappa shape index (κ2) is 6.26. The number of hydrogen-bond acceptors (Lipinski definition) is 3. The van der Waals surface area contributed by atoms with Gasteiger partial charge < -0.3 is 14.0 Å². The number of imidazole rings is 1. The van der Waals surface area contributed by atoms with Crippen LogP contribution >= 0.6 is 11.6 Å². The molecule has 0 bridgehead atoms. The Morgan fingerprint density at radius 3 is 2.84 bits per heavy atom. The summed E-state index contributed by atoms with van der Waals surface area (Å²) in [5, 5.41) is -0.139. The number of fused-ring (bicyclic) bond motifs is 1. The molecule has 5 heteroatoms. The predicted octanol–water partition coefficient (Wildman–Crippen LogP) is 3.38. The van der Waals surface area contributed by atoms with Gasteiger partial charge in [-0.3, -0.25) is 0 Å². The molecule has 2 rings (SSSR count). The lowest BCUT2D eigenvalue weighted by molar-refractivity contribution is 0.139. The quantitative estimate of drug-likeness (QED) is 0.602. The third-order valence-corrected chi connectivity index (χ3v) is 3.20. The molecule has 1 atom stereocenters. The Morgan fingerprint density at radius 1 is 1.42 bits per heavy atom. The van der Waals surface area contributed by atoms with Crippen LogP contribution in [0.3, 0.4) is 0 Å². The first-order chi connectivity index (χ1) is 9.17. The monoisotopic (exact) mass is 282 g/mol. The van der Waals surface area contributed by atoms with Crippen LogP contribution in [0.1, 0.15) is 25.0 Å². The molecule has 1 aromatic heterocycles. The van der Waals surface area contributed by atoms with Gasteiger partial charge in [0.2, 0.25) is 0 Å². The van der Waals surface area contributed by atoms with E-state index in [0.29, 0.717) is 13.2 Å². The molecule has 0 spiro atoms. The van der Waals surface area contributed by atoms with Crippen LogP contribution in [0.4, 0.5) is 0 Å². The molecule has 0 fully saturated rings. The zero-order chi connectivity index (χ0) is 13.8.